The Morgan fingerprint density at radius 2 is 1.93 bits per heavy atom. The van der Waals surface area contributed by atoms with Gasteiger partial charge >= 0.3 is 5.97 Å². The minimum atomic E-state index is -1.41. The van der Waals surface area contributed by atoms with E-state index in [1.165, 1.54) is 0 Å². The standard InChI is InChI=1S/C7H13NO6/c8-3-5(11)4(10)2(1-9)14-6(3)7(12)13/h2-6,9-11H,1,8H2,(H,12,13). The van der Waals surface area contributed by atoms with Crippen LogP contribution in [0.25, 0.3) is 0 Å². The Morgan fingerprint density at radius 1 is 1.36 bits per heavy atom. The van der Waals surface area contributed by atoms with E-state index < -0.39 is 43.0 Å². The highest BCUT2D eigenvalue weighted by Gasteiger charge is 2.45. The Hall–Kier alpha value is -0.730. The van der Waals surface area contributed by atoms with Gasteiger partial charge in [0.05, 0.1) is 12.6 Å². The van der Waals surface area contributed by atoms with Crippen molar-refractivity contribution in [1.29, 1.82) is 0 Å². The third-order valence-corrected chi connectivity index (χ3v) is 2.22. The van der Waals surface area contributed by atoms with Crippen LogP contribution in [0.2, 0.25) is 0 Å². The van der Waals surface area contributed by atoms with Gasteiger partial charge in [-0.3, -0.25) is 0 Å². The first kappa shape index (κ1) is 11.3. The molecule has 7 nitrogen and oxygen atoms in total. The van der Waals surface area contributed by atoms with Crippen LogP contribution in [0.4, 0.5) is 0 Å². The molecule has 1 rings (SSSR count). The molecule has 1 aliphatic heterocycles. The van der Waals surface area contributed by atoms with E-state index in [4.69, 9.17) is 20.7 Å². The van der Waals surface area contributed by atoms with Crippen LogP contribution in [0.1, 0.15) is 0 Å². The van der Waals surface area contributed by atoms with Gasteiger partial charge in [-0.2, -0.15) is 0 Å². The zero-order valence-corrected chi connectivity index (χ0v) is 7.28. The Kier molecular flexibility index (Phi) is 3.40. The first-order valence-electron chi connectivity index (χ1n) is 4.10. The predicted molar refractivity (Wildman–Crippen MR) is 43.4 cm³/mol. The highest BCUT2D eigenvalue weighted by Crippen LogP contribution is 2.19. The van der Waals surface area contributed by atoms with Crippen molar-refractivity contribution in [2.75, 3.05) is 6.61 Å². The monoisotopic (exact) mass is 207 g/mol. The molecule has 0 aliphatic carbocycles. The molecule has 1 saturated heterocycles. The first-order valence-corrected chi connectivity index (χ1v) is 4.10. The summed E-state index contributed by atoms with van der Waals surface area (Å²) in [5.74, 6) is -1.33. The molecular weight excluding hydrogens is 194 g/mol. The average molecular weight is 207 g/mol. The molecule has 0 saturated carbocycles. The normalized spacial score (nSPS) is 43.6. The molecule has 0 aromatic rings. The molecule has 82 valence electrons. The van der Waals surface area contributed by atoms with Crippen molar-refractivity contribution in [1.82, 2.24) is 0 Å². The summed E-state index contributed by atoms with van der Waals surface area (Å²) in [6, 6.07) is -1.20. The molecule has 5 atom stereocenters. The number of carbonyl (C=O) groups is 1. The predicted octanol–water partition coefficient (Wildman–Crippen LogP) is -3.12. The van der Waals surface area contributed by atoms with Gasteiger partial charge < -0.3 is 30.9 Å². The Bertz CT molecular complexity index is 220. The quantitative estimate of drug-likeness (QED) is 0.323. The molecule has 7 heteroatoms. The number of carboxylic acids is 1. The Labute approximate surface area is 79.7 Å². The minimum absolute atomic E-state index is 0.575. The minimum Gasteiger partial charge on any atom is -0.479 e. The van der Waals surface area contributed by atoms with Crippen LogP contribution in [0, 0.1) is 0 Å². The summed E-state index contributed by atoms with van der Waals surface area (Å²) in [6.07, 6.45) is -5.32. The average Bonchev–Trinajstić information content (AvgIpc) is 2.14. The second-order valence-corrected chi connectivity index (χ2v) is 3.17. The number of carboxylic acid groups (broad SMARTS) is 1. The van der Waals surface area contributed by atoms with E-state index in [1.807, 2.05) is 0 Å². The number of nitrogens with two attached hydrogens (primary N) is 1. The van der Waals surface area contributed by atoms with Crippen LogP contribution in [0.5, 0.6) is 0 Å². The van der Waals surface area contributed by atoms with Crippen molar-refractivity contribution in [3.05, 3.63) is 0 Å². The maximum atomic E-state index is 10.6. The lowest BCUT2D eigenvalue weighted by Gasteiger charge is -2.38. The van der Waals surface area contributed by atoms with Gasteiger partial charge in [0.25, 0.3) is 0 Å². The fraction of sp³-hybridized carbons (Fsp3) is 0.857. The third-order valence-electron chi connectivity index (χ3n) is 2.22. The molecule has 6 N–H and O–H groups in total. The van der Waals surface area contributed by atoms with Gasteiger partial charge in [0, 0.05) is 0 Å². The maximum Gasteiger partial charge on any atom is 0.334 e. The summed E-state index contributed by atoms with van der Waals surface area (Å²) in [4.78, 5) is 10.6. The number of rotatable bonds is 2. The Balaban J connectivity index is 2.78. The van der Waals surface area contributed by atoms with Crippen LogP contribution >= 0.6 is 0 Å². The molecule has 1 heterocycles. The van der Waals surface area contributed by atoms with Crippen LogP contribution in [-0.2, 0) is 9.53 Å². The molecule has 0 aromatic heterocycles. The summed E-state index contributed by atoms with van der Waals surface area (Å²) in [5.41, 5.74) is 5.33. The fourth-order valence-electron chi connectivity index (χ4n) is 1.36. The number of aliphatic hydroxyl groups is 3. The van der Waals surface area contributed by atoms with Crippen LogP contribution in [0.15, 0.2) is 0 Å². The lowest BCUT2D eigenvalue weighted by molar-refractivity contribution is -0.202. The van der Waals surface area contributed by atoms with Crippen molar-refractivity contribution in [3.63, 3.8) is 0 Å². The van der Waals surface area contributed by atoms with Gasteiger partial charge in [0.2, 0.25) is 0 Å². The van der Waals surface area contributed by atoms with E-state index >= 15 is 0 Å². The van der Waals surface area contributed by atoms with Crippen LogP contribution in [0.3, 0.4) is 0 Å². The van der Waals surface area contributed by atoms with E-state index in [9.17, 15) is 15.0 Å². The summed E-state index contributed by atoms with van der Waals surface area (Å²) >= 11 is 0. The second kappa shape index (κ2) is 4.20. The van der Waals surface area contributed by atoms with Crippen molar-refractivity contribution in [3.8, 4) is 0 Å². The fourth-order valence-corrected chi connectivity index (χ4v) is 1.36. The van der Waals surface area contributed by atoms with Crippen molar-refractivity contribution >= 4 is 5.97 Å². The van der Waals surface area contributed by atoms with E-state index in [-0.39, 0.29) is 0 Å². The van der Waals surface area contributed by atoms with Gasteiger partial charge in [-0.1, -0.05) is 0 Å². The molecule has 0 radical (unpaired) electrons. The largest absolute Gasteiger partial charge is 0.479 e. The molecule has 0 bridgehead atoms. The van der Waals surface area contributed by atoms with E-state index in [1.54, 1.807) is 0 Å². The highest BCUT2D eigenvalue weighted by molar-refractivity contribution is 5.73. The number of hydrogen-bond acceptors (Lipinski definition) is 6. The number of aliphatic hydroxyl groups excluding tert-OH is 3. The number of ether oxygens (including phenoxy) is 1. The zero-order chi connectivity index (χ0) is 10.9. The van der Waals surface area contributed by atoms with Crippen molar-refractivity contribution in [2.45, 2.75) is 30.5 Å². The van der Waals surface area contributed by atoms with Crippen molar-refractivity contribution in [2.24, 2.45) is 5.73 Å². The zero-order valence-electron chi connectivity index (χ0n) is 7.28. The molecule has 14 heavy (non-hydrogen) atoms. The summed E-state index contributed by atoms with van der Waals surface area (Å²) in [6.45, 7) is -0.575. The molecule has 1 aliphatic rings. The van der Waals surface area contributed by atoms with E-state index in [0.717, 1.165) is 0 Å². The van der Waals surface area contributed by atoms with Crippen LogP contribution < -0.4 is 5.73 Å². The van der Waals surface area contributed by atoms with Gasteiger partial charge in [-0.15, -0.1) is 0 Å². The molecule has 5 unspecified atom stereocenters. The number of hydrogen-bond donors (Lipinski definition) is 5. The molecule has 1 fully saturated rings. The number of aliphatic carboxylic acids is 1. The summed E-state index contributed by atoms with van der Waals surface area (Å²) in [7, 11) is 0. The molecule has 0 amide bonds. The van der Waals surface area contributed by atoms with E-state index in [0.29, 0.717) is 0 Å². The second-order valence-electron chi connectivity index (χ2n) is 3.17. The third kappa shape index (κ3) is 1.86. The van der Waals surface area contributed by atoms with Crippen LogP contribution in [-0.4, -0.2) is 63.5 Å². The highest BCUT2D eigenvalue weighted by atomic mass is 16.5. The summed E-state index contributed by atoms with van der Waals surface area (Å²) in [5, 5.41) is 36.0. The molecule has 0 aromatic carbocycles. The SMILES string of the molecule is NC1C(C(=O)O)OC(CO)C(O)C1O. The maximum absolute atomic E-state index is 10.6. The summed E-state index contributed by atoms with van der Waals surface area (Å²) < 4.78 is 4.81. The molecule has 0 spiro atoms. The van der Waals surface area contributed by atoms with Crippen molar-refractivity contribution < 1.29 is 30.0 Å². The lowest BCUT2D eigenvalue weighted by atomic mass is 9.93. The van der Waals surface area contributed by atoms with Gasteiger partial charge in [-0.05, 0) is 0 Å². The Morgan fingerprint density at radius 3 is 2.36 bits per heavy atom. The lowest BCUT2D eigenvalue weighted by Crippen LogP contribution is -2.63. The van der Waals surface area contributed by atoms with Gasteiger partial charge in [-0.25, -0.2) is 4.79 Å². The topological polar surface area (TPSA) is 133 Å². The first-order chi connectivity index (χ1) is 6.49. The smallest absolute Gasteiger partial charge is 0.334 e. The molecular formula is C7H13NO6. The van der Waals surface area contributed by atoms with Gasteiger partial charge in [0.15, 0.2) is 6.10 Å². The van der Waals surface area contributed by atoms with Gasteiger partial charge in [0.1, 0.15) is 18.3 Å². The van der Waals surface area contributed by atoms with E-state index in [2.05, 4.69) is 0 Å².